The lowest BCUT2D eigenvalue weighted by Gasteiger charge is -2.09. The SMILES string of the molecule is C=CCn1c(C(=O)CCC(=O)O)nc2cc(C(N)=O)cc(OC)c21. The molecule has 8 heteroatoms. The Balaban J connectivity index is 2.64. The number of benzene rings is 1. The number of allylic oxidation sites excluding steroid dienone is 1. The highest BCUT2D eigenvalue weighted by molar-refractivity contribution is 6.02. The van der Waals surface area contributed by atoms with E-state index in [1.807, 2.05) is 0 Å². The van der Waals surface area contributed by atoms with Gasteiger partial charge in [0.05, 0.1) is 19.0 Å². The molecule has 24 heavy (non-hydrogen) atoms. The van der Waals surface area contributed by atoms with Gasteiger partial charge in [-0.05, 0) is 12.1 Å². The van der Waals surface area contributed by atoms with Crippen LogP contribution in [0.5, 0.6) is 5.75 Å². The maximum atomic E-state index is 12.3. The molecule has 0 aliphatic carbocycles. The number of carboxylic acid groups (broad SMARTS) is 1. The number of ketones is 1. The fourth-order valence-corrected chi connectivity index (χ4v) is 2.38. The Bertz CT molecular complexity index is 838. The molecule has 1 heterocycles. The number of carbonyl (C=O) groups excluding carboxylic acids is 2. The second-order valence-electron chi connectivity index (χ2n) is 5.06. The fraction of sp³-hybridized carbons (Fsp3) is 0.250. The molecule has 0 fully saturated rings. The molecule has 0 saturated carbocycles. The number of aliphatic carboxylic acids is 1. The number of carbonyl (C=O) groups is 3. The van der Waals surface area contributed by atoms with E-state index in [4.69, 9.17) is 15.6 Å². The summed E-state index contributed by atoms with van der Waals surface area (Å²) in [4.78, 5) is 38.7. The van der Waals surface area contributed by atoms with Crippen molar-refractivity contribution in [2.75, 3.05) is 7.11 Å². The highest BCUT2D eigenvalue weighted by atomic mass is 16.5. The summed E-state index contributed by atoms with van der Waals surface area (Å²) >= 11 is 0. The van der Waals surface area contributed by atoms with E-state index in [1.165, 1.54) is 19.2 Å². The number of Topliss-reactive ketones (excluding diaryl/α,β-unsaturated/α-hetero) is 1. The van der Waals surface area contributed by atoms with Crippen molar-refractivity contribution in [2.45, 2.75) is 19.4 Å². The number of hydrogen-bond donors (Lipinski definition) is 2. The molecule has 0 radical (unpaired) electrons. The second-order valence-corrected chi connectivity index (χ2v) is 5.06. The smallest absolute Gasteiger partial charge is 0.303 e. The number of nitrogens with zero attached hydrogens (tertiary/aromatic N) is 2. The first-order valence-corrected chi connectivity index (χ1v) is 7.13. The molecule has 0 aliphatic heterocycles. The van der Waals surface area contributed by atoms with Crippen molar-refractivity contribution in [1.29, 1.82) is 0 Å². The lowest BCUT2D eigenvalue weighted by atomic mass is 10.1. The molecular weight excluding hydrogens is 314 g/mol. The van der Waals surface area contributed by atoms with Gasteiger partial charge in [-0.3, -0.25) is 14.4 Å². The predicted molar refractivity (Wildman–Crippen MR) is 86.2 cm³/mol. The van der Waals surface area contributed by atoms with Crippen molar-refractivity contribution in [1.82, 2.24) is 9.55 Å². The van der Waals surface area contributed by atoms with Crippen LogP contribution in [0.1, 0.15) is 33.8 Å². The molecule has 1 amide bonds. The van der Waals surface area contributed by atoms with E-state index < -0.39 is 17.7 Å². The Kier molecular flexibility index (Phi) is 4.98. The number of hydrogen-bond acceptors (Lipinski definition) is 5. The fourth-order valence-electron chi connectivity index (χ4n) is 2.38. The molecule has 2 aromatic rings. The van der Waals surface area contributed by atoms with Gasteiger partial charge >= 0.3 is 5.97 Å². The van der Waals surface area contributed by atoms with E-state index >= 15 is 0 Å². The maximum absolute atomic E-state index is 12.3. The summed E-state index contributed by atoms with van der Waals surface area (Å²) < 4.78 is 6.87. The molecule has 0 unspecified atom stereocenters. The number of carboxylic acids is 1. The third kappa shape index (κ3) is 3.27. The van der Waals surface area contributed by atoms with E-state index in [2.05, 4.69) is 11.6 Å². The number of amides is 1. The van der Waals surface area contributed by atoms with Crippen molar-refractivity contribution in [3.05, 3.63) is 36.2 Å². The Labute approximate surface area is 137 Å². The Morgan fingerprint density at radius 1 is 1.38 bits per heavy atom. The van der Waals surface area contributed by atoms with Gasteiger partial charge in [-0.25, -0.2) is 4.98 Å². The summed E-state index contributed by atoms with van der Waals surface area (Å²) in [7, 11) is 1.43. The normalized spacial score (nSPS) is 10.5. The number of fused-ring (bicyclic) bond motifs is 1. The van der Waals surface area contributed by atoms with Crippen LogP contribution in [0.25, 0.3) is 11.0 Å². The Morgan fingerprint density at radius 2 is 2.08 bits per heavy atom. The van der Waals surface area contributed by atoms with Crippen molar-refractivity contribution in [3.63, 3.8) is 0 Å². The zero-order chi connectivity index (χ0) is 17.9. The molecule has 0 saturated heterocycles. The Hall–Kier alpha value is -3.16. The summed E-state index contributed by atoms with van der Waals surface area (Å²) in [6.07, 6.45) is 1.11. The molecule has 8 nitrogen and oxygen atoms in total. The third-order valence-corrected chi connectivity index (χ3v) is 3.44. The highest BCUT2D eigenvalue weighted by Gasteiger charge is 2.21. The number of nitrogens with two attached hydrogens (primary N) is 1. The monoisotopic (exact) mass is 331 g/mol. The first-order valence-electron chi connectivity index (χ1n) is 7.13. The van der Waals surface area contributed by atoms with Crippen molar-refractivity contribution in [2.24, 2.45) is 5.73 Å². The van der Waals surface area contributed by atoms with Crippen molar-refractivity contribution >= 4 is 28.7 Å². The van der Waals surface area contributed by atoms with E-state index in [0.717, 1.165) is 0 Å². The maximum Gasteiger partial charge on any atom is 0.303 e. The molecule has 3 N–H and O–H groups in total. The van der Waals surface area contributed by atoms with Crippen LogP contribution in [0.4, 0.5) is 0 Å². The average Bonchev–Trinajstić information content (AvgIpc) is 2.90. The van der Waals surface area contributed by atoms with Crippen molar-refractivity contribution < 1.29 is 24.2 Å². The minimum atomic E-state index is -1.07. The number of rotatable bonds is 8. The number of methoxy groups -OCH3 is 1. The molecular formula is C16H17N3O5. The van der Waals surface area contributed by atoms with Crippen LogP contribution >= 0.6 is 0 Å². The summed E-state index contributed by atoms with van der Waals surface area (Å²) in [5.41, 5.74) is 6.38. The minimum Gasteiger partial charge on any atom is -0.494 e. The van der Waals surface area contributed by atoms with Crippen LogP contribution in [-0.2, 0) is 11.3 Å². The van der Waals surface area contributed by atoms with Crippen LogP contribution < -0.4 is 10.5 Å². The van der Waals surface area contributed by atoms with Crippen LogP contribution in [0.3, 0.4) is 0 Å². The Morgan fingerprint density at radius 3 is 2.62 bits per heavy atom. The third-order valence-electron chi connectivity index (χ3n) is 3.44. The largest absolute Gasteiger partial charge is 0.494 e. The zero-order valence-corrected chi connectivity index (χ0v) is 13.1. The van der Waals surface area contributed by atoms with Gasteiger partial charge in [0.1, 0.15) is 11.3 Å². The van der Waals surface area contributed by atoms with Gasteiger partial charge in [0.15, 0.2) is 11.6 Å². The van der Waals surface area contributed by atoms with Gasteiger partial charge in [-0.15, -0.1) is 6.58 Å². The molecule has 0 atom stereocenters. The topological polar surface area (TPSA) is 125 Å². The van der Waals surface area contributed by atoms with Gasteiger partial charge in [-0.2, -0.15) is 0 Å². The summed E-state index contributed by atoms with van der Waals surface area (Å²) in [6.45, 7) is 3.92. The molecule has 1 aromatic heterocycles. The van der Waals surface area contributed by atoms with E-state index in [9.17, 15) is 14.4 Å². The van der Waals surface area contributed by atoms with Crippen molar-refractivity contribution in [3.8, 4) is 5.75 Å². The summed E-state index contributed by atoms with van der Waals surface area (Å²) in [5.74, 6) is -1.70. The molecule has 1 aromatic carbocycles. The predicted octanol–water partition coefficient (Wildman–Crippen LogP) is 1.38. The first kappa shape index (κ1) is 17.2. The standard InChI is InChI=1S/C16H17N3O5/c1-3-6-19-14-10(7-9(15(17)23)8-12(14)24-2)18-16(19)11(20)4-5-13(21)22/h3,7-8H,1,4-6H2,2H3,(H2,17,23)(H,21,22). The number of aromatic nitrogens is 2. The van der Waals surface area contributed by atoms with Crippen LogP contribution in [-0.4, -0.2) is 39.4 Å². The van der Waals surface area contributed by atoms with Gasteiger partial charge < -0.3 is 20.1 Å². The lowest BCUT2D eigenvalue weighted by molar-refractivity contribution is -0.136. The lowest BCUT2D eigenvalue weighted by Crippen LogP contribution is -2.12. The van der Waals surface area contributed by atoms with Gasteiger partial charge in [0.25, 0.3) is 0 Å². The quantitative estimate of drug-likeness (QED) is 0.556. The zero-order valence-electron chi connectivity index (χ0n) is 13.1. The average molecular weight is 331 g/mol. The van der Waals surface area contributed by atoms with E-state index in [0.29, 0.717) is 16.8 Å². The van der Waals surface area contributed by atoms with Crippen LogP contribution in [0.15, 0.2) is 24.8 Å². The molecule has 0 bridgehead atoms. The summed E-state index contributed by atoms with van der Waals surface area (Å²) in [5, 5.41) is 8.73. The second kappa shape index (κ2) is 6.95. The van der Waals surface area contributed by atoms with Crippen LogP contribution in [0, 0.1) is 0 Å². The highest BCUT2D eigenvalue weighted by Crippen LogP contribution is 2.29. The number of primary amides is 1. The minimum absolute atomic E-state index is 0.0890. The van der Waals surface area contributed by atoms with Crippen LogP contribution in [0.2, 0.25) is 0 Å². The first-order chi connectivity index (χ1) is 11.4. The molecule has 2 rings (SSSR count). The summed E-state index contributed by atoms with van der Waals surface area (Å²) in [6, 6.07) is 2.94. The molecule has 126 valence electrons. The molecule has 0 spiro atoms. The number of ether oxygens (including phenoxy) is 1. The molecule has 0 aliphatic rings. The van der Waals surface area contributed by atoms with Gasteiger partial charge in [-0.1, -0.05) is 6.08 Å². The number of imidazole rings is 1. The van der Waals surface area contributed by atoms with E-state index in [1.54, 1.807) is 10.6 Å². The van der Waals surface area contributed by atoms with Gasteiger partial charge in [0.2, 0.25) is 5.91 Å². The van der Waals surface area contributed by atoms with E-state index in [-0.39, 0.29) is 30.8 Å². The van der Waals surface area contributed by atoms with Gasteiger partial charge in [0, 0.05) is 18.5 Å².